The smallest absolute Gasteiger partial charge is 0.160 e. The van der Waals surface area contributed by atoms with Gasteiger partial charge in [0.1, 0.15) is 0 Å². The molecule has 3 unspecified atom stereocenters. The predicted octanol–water partition coefficient (Wildman–Crippen LogP) is 3.04. The molecule has 1 fully saturated rings. The first-order chi connectivity index (χ1) is 8.00. The molecule has 94 valence electrons. The molecule has 2 rings (SSSR count). The lowest BCUT2D eigenvalue weighted by atomic mass is 9.93. The van der Waals surface area contributed by atoms with Crippen molar-refractivity contribution >= 4 is 11.6 Å². The summed E-state index contributed by atoms with van der Waals surface area (Å²) >= 11 is 5.88. The van der Waals surface area contributed by atoms with Crippen molar-refractivity contribution in [2.24, 2.45) is 11.7 Å². The maximum absolute atomic E-state index is 13.2. The van der Waals surface area contributed by atoms with Crippen LogP contribution in [0.2, 0.25) is 5.02 Å². The molecule has 5 heteroatoms. The molecular formula is C12H14ClF2NO. The van der Waals surface area contributed by atoms with Crippen molar-refractivity contribution in [1.29, 1.82) is 0 Å². The van der Waals surface area contributed by atoms with Gasteiger partial charge < -0.3 is 10.5 Å². The van der Waals surface area contributed by atoms with Gasteiger partial charge in [0.15, 0.2) is 11.6 Å². The van der Waals surface area contributed by atoms with Gasteiger partial charge in [-0.1, -0.05) is 18.5 Å². The van der Waals surface area contributed by atoms with Gasteiger partial charge in [-0.05, 0) is 30.0 Å². The monoisotopic (exact) mass is 261 g/mol. The van der Waals surface area contributed by atoms with E-state index in [1.165, 1.54) is 0 Å². The molecule has 1 heterocycles. The maximum Gasteiger partial charge on any atom is 0.160 e. The summed E-state index contributed by atoms with van der Waals surface area (Å²) < 4.78 is 31.6. The summed E-state index contributed by atoms with van der Waals surface area (Å²) in [6.45, 7) is 2.66. The van der Waals surface area contributed by atoms with Crippen LogP contribution in [0.5, 0.6) is 0 Å². The van der Waals surface area contributed by atoms with Crippen LogP contribution in [-0.2, 0) is 4.74 Å². The number of hydrogen-bond donors (Lipinski definition) is 1. The van der Waals surface area contributed by atoms with Crippen molar-refractivity contribution in [3.63, 3.8) is 0 Å². The summed E-state index contributed by atoms with van der Waals surface area (Å²) in [4.78, 5) is 0. The van der Waals surface area contributed by atoms with E-state index in [9.17, 15) is 8.78 Å². The summed E-state index contributed by atoms with van der Waals surface area (Å²) in [6, 6.07) is 1.47. The number of ether oxygens (including phenoxy) is 1. The molecule has 17 heavy (non-hydrogen) atoms. The van der Waals surface area contributed by atoms with Crippen LogP contribution < -0.4 is 5.73 Å². The fourth-order valence-electron chi connectivity index (χ4n) is 2.15. The molecule has 3 atom stereocenters. The van der Waals surface area contributed by atoms with E-state index in [0.29, 0.717) is 12.2 Å². The molecule has 2 nitrogen and oxygen atoms in total. The normalized spacial score (nSPS) is 26.2. The first kappa shape index (κ1) is 12.7. The predicted molar refractivity (Wildman–Crippen MR) is 61.8 cm³/mol. The standard InChI is InChI=1S/C12H14ClF2NO/c1-6-2-3-17-12(6)11(16)7-4-9(14)10(15)5-8(7)13/h4-6,11-12H,2-3,16H2,1H3. The van der Waals surface area contributed by atoms with Crippen LogP contribution >= 0.6 is 11.6 Å². The van der Waals surface area contributed by atoms with Crippen LogP contribution in [-0.4, -0.2) is 12.7 Å². The molecule has 0 amide bonds. The van der Waals surface area contributed by atoms with Crippen molar-refractivity contribution in [1.82, 2.24) is 0 Å². The van der Waals surface area contributed by atoms with E-state index < -0.39 is 17.7 Å². The third-order valence-corrected chi connectivity index (χ3v) is 3.52. The van der Waals surface area contributed by atoms with E-state index in [-0.39, 0.29) is 17.0 Å². The number of hydrogen-bond acceptors (Lipinski definition) is 2. The molecule has 1 aromatic rings. The van der Waals surface area contributed by atoms with Crippen LogP contribution in [0.1, 0.15) is 24.9 Å². The molecule has 0 radical (unpaired) electrons. The summed E-state index contributed by atoms with van der Waals surface area (Å²) in [7, 11) is 0. The molecule has 1 saturated heterocycles. The van der Waals surface area contributed by atoms with Crippen LogP contribution in [0.25, 0.3) is 0 Å². The Morgan fingerprint density at radius 1 is 1.41 bits per heavy atom. The Morgan fingerprint density at radius 2 is 2.06 bits per heavy atom. The van der Waals surface area contributed by atoms with Gasteiger partial charge in [0, 0.05) is 11.6 Å². The summed E-state index contributed by atoms with van der Waals surface area (Å²) in [6.07, 6.45) is 0.719. The van der Waals surface area contributed by atoms with Gasteiger partial charge in [-0.3, -0.25) is 0 Å². The Morgan fingerprint density at radius 3 is 2.65 bits per heavy atom. The molecule has 0 bridgehead atoms. The van der Waals surface area contributed by atoms with Gasteiger partial charge in [-0.2, -0.15) is 0 Å². The maximum atomic E-state index is 13.2. The lowest BCUT2D eigenvalue weighted by molar-refractivity contribution is 0.0724. The Kier molecular flexibility index (Phi) is 3.66. The minimum absolute atomic E-state index is 0.138. The van der Waals surface area contributed by atoms with E-state index >= 15 is 0 Å². The topological polar surface area (TPSA) is 35.2 Å². The molecule has 0 aromatic heterocycles. The molecule has 0 aliphatic carbocycles. The Labute approximate surface area is 104 Å². The average Bonchev–Trinajstić information content (AvgIpc) is 2.69. The van der Waals surface area contributed by atoms with Gasteiger partial charge in [0.2, 0.25) is 0 Å². The van der Waals surface area contributed by atoms with Crippen LogP contribution in [0.4, 0.5) is 8.78 Å². The third kappa shape index (κ3) is 2.44. The van der Waals surface area contributed by atoms with E-state index in [1.54, 1.807) is 0 Å². The van der Waals surface area contributed by atoms with E-state index in [2.05, 4.69) is 0 Å². The summed E-state index contributed by atoms with van der Waals surface area (Å²) in [5.41, 5.74) is 6.40. The van der Waals surface area contributed by atoms with Crippen molar-refractivity contribution in [2.75, 3.05) is 6.61 Å². The van der Waals surface area contributed by atoms with E-state index in [1.807, 2.05) is 6.92 Å². The summed E-state index contributed by atoms with van der Waals surface area (Å²) in [5, 5.41) is 0.138. The molecular weight excluding hydrogens is 248 g/mol. The average molecular weight is 262 g/mol. The summed E-state index contributed by atoms with van der Waals surface area (Å²) in [5.74, 6) is -1.62. The largest absolute Gasteiger partial charge is 0.376 e. The second kappa shape index (κ2) is 4.88. The highest BCUT2D eigenvalue weighted by molar-refractivity contribution is 6.31. The minimum atomic E-state index is -0.966. The highest BCUT2D eigenvalue weighted by Crippen LogP contribution is 2.33. The number of rotatable bonds is 2. The zero-order valence-corrected chi connectivity index (χ0v) is 10.2. The SMILES string of the molecule is CC1CCOC1C(N)c1cc(F)c(F)cc1Cl. The minimum Gasteiger partial charge on any atom is -0.376 e. The number of nitrogens with two attached hydrogens (primary N) is 1. The Hall–Kier alpha value is -0.710. The fourth-order valence-corrected chi connectivity index (χ4v) is 2.42. The Balaban J connectivity index is 2.30. The number of benzene rings is 1. The van der Waals surface area contributed by atoms with Crippen LogP contribution in [0.15, 0.2) is 12.1 Å². The lowest BCUT2D eigenvalue weighted by Crippen LogP contribution is -2.30. The highest BCUT2D eigenvalue weighted by Gasteiger charge is 2.32. The zero-order valence-electron chi connectivity index (χ0n) is 9.42. The lowest BCUT2D eigenvalue weighted by Gasteiger charge is -2.23. The highest BCUT2D eigenvalue weighted by atomic mass is 35.5. The molecule has 0 saturated carbocycles. The van der Waals surface area contributed by atoms with Gasteiger partial charge >= 0.3 is 0 Å². The molecule has 0 spiro atoms. The Bertz CT molecular complexity index is 427. The fraction of sp³-hybridized carbons (Fsp3) is 0.500. The second-order valence-electron chi connectivity index (χ2n) is 4.41. The van der Waals surface area contributed by atoms with Crippen molar-refractivity contribution in [2.45, 2.75) is 25.5 Å². The van der Waals surface area contributed by atoms with Crippen molar-refractivity contribution in [3.8, 4) is 0 Å². The van der Waals surface area contributed by atoms with Gasteiger partial charge in [-0.15, -0.1) is 0 Å². The third-order valence-electron chi connectivity index (χ3n) is 3.20. The van der Waals surface area contributed by atoms with E-state index in [4.69, 9.17) is 22.1 Å². The van der Waals surface area contributed by atoms with Gasteiger partial charge in [0.25, 0.3) is 0 Å². The van der Waals surface area contributed by atoms with Gasteiger partial charge in [0.05, 0.1) is 12.1 Å². The quantitative estimate of drug-likeness (QED) is 0.831. The van der Waals surface area contributed by atoms with Crippen LogP contribution in [0, 0.1) is 17.6 Å². The van der Waals surface area contributed by atoms with Crippen molar-refractivity contribution in [3.05, 3.63) is 34.4 Å². The zero-order chi connectivity index (χ0) is 12.6. The first-order valence-electron chi connectivity index (χ1n) is 5.52. The van der Waals surface area contributed by atoms with Gasteiger partial charge in [-0.25, -0.2) is 8.78 Å². The van der Waals surface area contributed by atoms with Crippen molar-refractivity contribution < 1.29 is 13.5 Å². The second-order valence-corrected chi connectivity index (χ2v) is 4.82. The number of halogens is 3. The molecule has 2 N–H and O–H groups in total. The molecule has 1 aromatic carbocycles. The molecule has 1 aliphatic rings. The molecule has 1 aliphatic heterocycles. The first-order valence-corrected chi connectivity index (χ1v) is 5.90. The van der Waals surface area contributed by atoms with Crippen LogP contribution in [0.3, 0.4) is 0 Å². The van der Waals surface area contributed by atoms with E-state index in [0.717, 1.165) is 18.6 Å².